The molecule has 0 aliphatic heterocycles. The Morgan fingerprint density at radius 2 is 1.58 bits per heavy atom. The van der Waals surface area contributed by atoms with Gasteiger partial charge in [0.1, 0.15) is 5.75 Å². The van der Waals surface area contributed by atoms with Crippen LogP contribution in [0, 0.1) is 5.92 Å². The first-order valence-corrected chi connectivity index (χ1v) is 7.93. The maximum Gasteiger partial charge on any atom is 0.306 e. The lowest BCUT2D eigenvalue weighted by Crippen LogP contribution is -2.48. The molecular weight excluding hydrogens is 306 g/mol. The second kappa shape index (κ2) is 7.17. The van der Waals surface area contributed by atoms with Crippen molar-refractivity contribution in [2.75, 3.05) is 0 Å². The number of carboxylic acid groups (broad SMARTS) is 1. The van der Waals surface area contributed by atoms with Crippen LogP contribution in [-0.2, 0) is 9.59 Å². The van der Waals surface area contributed by atoms with Crippen molar-refractivity contribution in [2.24, 2.45) is 5.92 Å². The Labute approximate surface area is 140 Å². The molecule has 3 rings (SSSR count). The summed E-state index contributed by atoms with van der Waals surface area (Å²) in [6.07, 6.45) is 0.166. The molecule has 124 valence electrons. The molecule has 5 nitrogen and oxygen atoms in total. The highest BCUT2D eigenvalue weighted by atomic mass is 16.5. The fraction of sp³-hybridized carbons (Fsp3) is 0.263. The van der Waals surface area contributed by atoms with E-state index >= 15 is 0 Å². The lowest BCUT2D eigenvalue weighted by Gasteiger charge is -2.34. The molecular formula is C19H19NO4. The molecule has 1 fully saturated rings. The Morgan fingerprint density at radius 1 is 1.00 bits per heavy atom. The Hall–Kier alpha value is -2.82. The largest absolute Gasteiger partial charge is 0.481 e. The molecule has 2 aromatic rings. The molecule has 1 aliphatic carbocycles. The smallest absolute Gasteiger partial charge is 0.306 e. The van der Waals surface area contributed by atoms with Gasteiger partial charge in [0, 0.05) is 11.6 Å². The van der Waals surface area contributed by atoms with E-state index in [2.05, 4.69) is 5.32 Å². The minimum absolute atomic E-state index is 0.107. The molecule has 0 saturated heterocycles. The normalized spacial score (nSPS) is 20.5. The van der Waals surface area contributed by atoms with Crippen molar-refractivity contribution in [3.8, 4) is 5.75 Å². The summed E-state index contributed by atoms with van der Waals surface area (Å²) < 4.78 is 5.88. The van der Waals surface area contributed by atoms with Crippen LogP contribution in [0.15, 0.2) is 60.7 Å². The molecule has 24 heavy (non-hydrogen) atoms. The van der Waals surface area contributed by atoms with E-state index in [1.165, 1.54) is 0 Å². The Kier molecular flexibility index (Phi) is 4.79. The van der Waals surface area contributed by atoms with Crippen molar-refractivity contribution in [2.45, 2.75) is 25.0 Å². The van der Waals surface area contributed by atoms with E-state index in [-0.39, 0.29) is 17.9 Å². The molecule has 1 unspecified atom stereocenters. The van der Waals surface area contributed by atoms with Crippen molar-refractivity contribution >= 4 is 11.9 Å². The first kappa shape index (κ1) is 16.1. The summed E-state index contributed by atoms with van der Waals surface area (Å²) in [5, 5.41) is 11.8. The van der Waals surface area contributed by atoms with Crippen LogP contribution in [-0.4, -0.2) is 23.0 Å². The molecule has 0 bridgehead atoms. The van der Waals surface area contributed by atoms with Crippen LogP contribution < -0.4 is 10.1 Å². The van der Waals surface area contributed by atoms with Crippen molar-refractivity contribution in [3.05, 3.63) is 66.2 Å². The number of hydrogen-bond acceptors (Lipinski definition) is 3. The fourth-order valence-electron chi connectivity index (χ4n) is 2.75. The third-order valence-electron chi connectivity index (χ3n) is 4.17. The first-order chi connectivity index (χ1) is 11.6. The van der Waals surface area contributed by atoms with Gasteiger partial charge < -0.3 is 15.2 Å². The van der Waals surface area contributed by atoms with E-state index in [1.54, 1.807) is 12.1 Å². The molecule has 0 heterocycles. The molecule has 1 atom stereocenters. The number of aliphatic carboxylic acids is 1. The molecule has 0 spiro atoms. The van der Waals surface area contributed by atoms with Crippen LogP contribution in [0.5, 0.6) is 5.75 Å². The average molecular weight is 325 g/mol. The molecule has 1 aliphatic rings. The summed E-state index contributed by atoms with van der Waals surface area (Å²) in [6, 6.07) is 18.3. The average Bonchev–Trinajstić information content (AvgIpc) is 2.56. The minimum Gasteiger partial charge on any atom is -0.481 e. The van der Waals surface area contributed by atoms with E-state index < -0.39 is 12.1 Å². The zero-order valence-electron chi connectivity index (χ0n) is 13.1. The van der Waals surface area contributed by atoms with Gasteiger partial charge in [0.15, 0.2) is 0 Å². The molecule has 2 N–H and O–H groups in total. The Balaban J connectivity index is 1.70. The second-order valence-electron chi connectivity index (χ2n) is 5.93. The Bertz CT molecular complexity index is 696. The van der Waals surface area contributed by atoms with Gasteiger partial charge in [0.2, 0.25) is 6.10 Å². The predicted molar refractivity (Wildman–Crippen MR) is 88.5 cm³/mol. The van der Waals surface area contributed by atoms with Crippen LogP contribution in [0.2, 0.25) is 0 Å². The first-order valence-electron chi connectivity index (χ1n) is 7.93. The van der Waals surface area contributed by atoms with Gasteiger partial charge in [-0.3, -0.25) is 9.59 Å². The SMILES string of the molecule is O=C(O)C1CC(NC(=O)C(Oc2ccccc2)c2ccccc2)C1. The van der Waals surface area contributed by atoms with Crippen LogP contribution >= 0.6 is 0 Å². The zero-order valence-corrected chi connectivity index (χ0v) is 13.1. The lowest BCUT2D eigenvalue weighted by atomic mass is 9.80. The standard InChI is InChI=1S/C19H19NO4/c21-18(20-15-11-14(12-15)19(22)23)17(13-7-3-1-4-8-13)24-16-9-5-2-6-10-16/h1-10,14-15,17H,11-12H2,(H,20,21)(H,22,23). The molecule has 0 radical (unpaired) electrons. The van der Waals surface area contributed by atoms with E-state index in [0.717, 1.165) is 5.56 Å². The third-order valence-corrected chi connectivity index (χ3v) is 4.17. The van der Waals surface area contributed by atoms with Crippen molar-refractivity contribution in [3.63, 3.8) is 0 Å². The third kappa shape index (κ3) is 3.74. The number of carboxylic acids is 1. The summed E-state index contributed by atoms with van der Waals surface area (Å²) in [5.74, 6) is -0.807. The summed E-state index contributed by atoms with van der Waals surface area (Å²) in [7, 11) is 0. The van der Waals surface area contributed by atoms with Crippen molar-refractivity contribution in [1.82, 2.24) is 5.32 Å². The van der Waals surface area contributed by atoms with E-state index in [4.69, 9.17) is 9.84 Å². The van der Waals surface area contributed by atoms with E-state index in [0.29, 0.717) is 18.6 Å². The van der Waals surface area contributed by atoms with Gasteiger partial charge >= 0.3 is 5.97 Å². The predicted octanol–water partition coefficient (Wildman–Crippen LogP) is 2.79. The van der Waals surface area contributed by atoms with Gasteiger partial charge in [-0.25, -0.2) is 0 Å². The van der Waals surface area contributed by atoms with Gasteiger partial charge in [-0.15, -0.1) is 0 Å². The minimum atomic E-state index is -0.805. The van der Waals surface area contributed by atoms with Crippen LogP contribution in [0.4, 0.5) is 0 Å². The monoisotopic (exact) mass is 325 g/mol. The van der Waals surface area contributed by atoms with Gasteiger partial charge in [-0.2, -0.15) is 0 Å². The van der Waals surface area contributed by atoms with Crippen molar-refractivity contribution < 1.29 is 19.4 Å². The molecule has 2 aromatic carbocycles. The van der Waals surface area contributed by atoms with Crippen LogP contribution in [0.3, 0.4) is 0 Å². The van der Waals surface area contributed by atoms with Crippen LogP contribution in [0.25, 0.3) is 0 Å². The number of rotatable bonds is 6. The van der Waals surface area contributed by atoms with Gasteiger partial charge in [0.05, 0.1) is 5.92 Å². The topological polar surface area (TPSA) is 75.6 Å². The molecule has 1 saturated carbocycles. The number of para-hydroxylation sites is 1. The van der Waals surface area contributed by atoms with E-state index in [1.807, 2.05) is 48.5 Å². The summed E-state index contributed by atoms with van der Waals surface area (Å²) in [4.78, 5) is 23.5. The number of nitrogens with one attached hydrogen (secondary N) is 1. The molecule has 1 amide bonds. The summed E-state index contributed by atoms with van der Waals surface area (Å²) >= 11 is 0. The molecule has 5 heteroatoms. The maximum absolute atomic E-state index is 12.6. The fourth-order valence-corrected chi connectivity index (χ4v) is 2.75. The number of carbonyl (C=O) groups is 2. The quantitative estimate of drug-likeness (QED) is 0.856. The van der Waals surface area contributed by atoms with Gasteiger partial charge in [-0.05, 0) is 25.0 Å². The van der Waals surface area contributed by atoms with Crippen molar-refractivity contribution in [1.29, 1.82) is 0 Å². The number of benzene rings is 2. The number of amides is 1. The number of ether oxygens (including phenoxy) is 1. The van der Waals surface area contributed by atoms with E-state index in [9.17, 15) is 9.59 Å². The highest BCUT2D eigenvalue weighted by Gasteiger charge is 2.37. The summed E-state index contributed by atoms with van der Waals surface area (Å²) in [6.45, 7) is 0. The highest BCUT2D eigenvalue weighted by molar-refractivity contribution is 5.83. The lowest BCUT2D eigenvalue weighted by molar-refractivity contribution is -0.146. The Morgan fingerprint density at radius 3 is 2.17 bits per heavy atom. The second-order valence-corrected chi connectivity index (χ2v) is 5.93. The maximum atomic E-state index is 12.6. The number of hydrogen-bond donors (Lipinski definition) is 2. The van der Waals surface area contributed by atoms with Gasteiger partial charge in [-0.1, -0.05) is 48.5 Å². The van der Waals surface area contributed by atoms with Crippen LogP contribution in [0.1, 0.15) is 24.5 Å². The summed E-state index contributed by atoms with van der Waals surface area (Å²) in [5.41, 5.74) is 0.757. The highest BCUT2D eigenvalue weighted by Crippen LogP contribution is 2.29. The number of carbonyl (C=O) groups excluding carboxylic acids is 1. The van der Waals surface area contributed by atoms with Gasteiger partial charge in [0.25, 0.3) is 5.91 Å². The molecule has 0 aromatic heterocycles. The zero-order chi connectivity index (χ0) is 16.9.